The highest BCUT2D eigenvalue weighted by Gasteiger charge is 2.19. The molecule has 1 unspecified atom stereocenters. The summed E-state index contributed by atoms with van der Waals surface area (Å²) in [5, 5.41) is 5.92. The maximum atomic E-state index is 12.2. The summed E-state index contributed by atoms with van der Waals surface area (Å²) in [5.41, 5.74) is 1.39. The number of rotatable bonds is 8. The molecule has 0 bridgehead atoms. The Morgan fingerprint density at radius 3 is 2.52 bits per heavy atom. The second-order valence-corrected chi connectivity index (χ2v) is 6.65. The molecule has 0 radical (unpaired) electrons. The third-order valence-electron chi connectivity index (χ3n) is 4.11. The van der Waals surface area contributed by atoms with Crippen LogP contribution < -0.4 is 15.4 Å². The number of para-hydroxylation sites is 1. The van der Waals surface area contributed by atoms with Gasteiger partial charge in [-0.3, -0.25) is 9.59 Å². The molecule has 0 aromatic heterocycles. The summed E-state index contributed by atoms with van der Waals surface area (Å²) in [6.07, 6.45) is 0. The van der Waals surface area contributed by atoms with Gasteiger partial charge in [-0.05, 0) is 38.4 Å². The molecule has 0 saturated heterocycles. The van der Waals surface area contributed by atoms with Gasteiger partial charge in [-0.2, -0.15) is 0 Å². The van der Waals surface area contributed by atoms with E-state index in [0.29, 0.717) is 17.1 Å². The molecule has 0 fully saturated rings. The van der Waals surface area contributed by atoms with Gasteiger partial charge < -0.3 is 20.3 Å². The van der Waals surface area contributed by atoms with E-state index >= 15 is 0 Å². The van der Waals surface area contributed by atoms with Crippen molar-refractivity contribution >= 4 is 23.4 Å². The van der Waals surface area contributed by atoms with Gasteiger partial charge in [-0.1, -0.05) is 35.9 Å². The number of carbonyl (C=O) groups is 2. The first-order chi connectivity index (χ1) is 12.9. The van der Waals surface area contributed by atoms with Crippen LogP contribution in [-0.4, -0.2) is 51.0 Å². The molecule has 2 aromatic rings. The van der Waals surface area contributed by atoms with Crippen LogP contribution in [0, 0.1) is 0 Å². The molecule has 144 valence electrons. The summed E-state index contributed by atoms with van der Waals surface area (Å²) in [7, 11) is 5.49. The smallest absolute Gasteiger partial charge is 0.251 e. The number of hydrogen-bond acceptors (Lipinski definition) is 4. The molecular formula is C20H24ClN3O3. The van der Waals surface area contributed by atoms with Crippen LogP contribution in [0.15, 0.2) is 48.5 Å². The minimum Gasteiger partial charge on any atom is -0.496 e. The van der Waals surface area contributed by atoms with Crippen molar-refractivity contribution < 1.29 is 14.3 Å². The Kier molecular flexibility index (Phi) is 7.64. The Balaban J connectivity index is 1.91. The predicted molar refractivity (Wildman–Crippen MR) is 106 cm³/mol. The number of benzene rings is 2. The summed E-state index contributed by atoms with van der Waals surface area (Å²) >= 11 is 5.87. The van der Waals surface area contributed by atoms with Crippen LogP contribution in [0.1, 0.15) is 22.0 Å². The Morgan fingerprint density at radius 2 is 1.85 bits per heavy atom. The van der Waals surface area contributed by atoms with Crippen molar-refractivity contribution in [3.63, 3.8) is 0 Å². The highest BCUT2D eigenvalue weighted by Crippen LogP contribution is 2.27. The molecule has 0 aliphatic rings. The zero-order valence-corrected chi connectivity index (χ0v) is 16.4. The third kappa shape index (κ3) is 5.98. The summed E-state index contributed by atoms with van der Waals surface area (Å²) in [5.74, 6) is 0.147. The van der Waals surface area contributed by atoms with Crippen LogP contribution in [-0.2, 0) is 4.79 Å². The normalized spacial score (nSPS) is 11.7. The lowest BCUT2D eigenvalue weighted by molar-refractivity contribution is -0.120. The summed E-state index contributed by atoms with van der Waals surface area (Å²) in [4.78, 5) is 26.2. The van der Waals surface area contributed by atoms with E-state index in [9.17, 15) is 9.59 Å². The predicted octanol–water partition coefficient (Wildman–Crippen LogP) is 2.50. The Bertz CT molecular complexity index is 796. The first kappa shape index (κ1) is 20.7. The summed E-state index contributed by atoms with van der Waals surface area (Å²) in [6, 6.07) is 14.2. The number of nitrogens with zero attached hydrogens (tertiary/aromatic N) is 1. The standard InChI is InChI=1S/C20H24ClN3O3/c1-24(2)17(16-9-4-5-10-18(16)27-3)12-22-19(25)13-23-20(26)14-7-6-8-15(21)11-14/h4-11,17H,12-13H2,1-3H3,(H,22,25)(H,23,26). The fourth-order valence-corrected chi connectivity index (χ4v) is 2.87. The second-order valence-electron chi connectivity index (χ2n) is 6.22. The maximum absolute atomic E-state index is 12.2. The van der Waals surface area contributed by atoms with Crippen molar-refractivity contribution in [1.29, 1.82) is 0 Å². The average Bonchev–Trinajstić information content (AvgIpc) is 2.66. The number of carbonyl (C=O) groups excluding carboxylic acids is 2. The van der Waals surface area contributed by atoms with E-state index in [1.807, 2.05) is 43.3 Å². The monoisotopic (exact) mass is 389 g/mol. The average molecular weight is 390 g/mol. The van der Waals surface area contributed by atoms with Gasteiger partial charge in [0.2, 0.25) is 5.91 Å². The molecule has 27 heavy (non-hydrogen) atoms. The van der Waals surface area contributed by atoms with Gasteiger partial charge in [0.1, 0.15) is 5.75 Å². The van der Waals surface area contributed by atoms with E-state index in [4.69, 9.17) is 16.3 Å². The zero-order valence-electron chi connectivity index (χ0n) is 15.7. The van der Waals surface area contributed by atoms with E-state index in [0.717, 1.165) is 11.3 Å². The van der Waals surface area contributed by atoms with Gasteiger partial charge in [0, 0.05) is 22.7 Å². The molecule has 0 aliphatic carbocycles. The lowest BCUT2D eigenvalue weighted by Gasteiger charge is -2.26. The molecule has 2 aromatic carbocycles. The van der Waals surface area contributed by atoms with Gasteiger partial charge in [0.05, 0.1) is 19.7 Å². The third-order valence-corrected chi connectivity index (χ3v) is 4.35. The highest BCUT2D eigenvalue weighted by atomic mass is 35.5. The first-order valence-electron chi connectivity index (χ1n) is 8.52. The second kappa shape index (κ2) is 9.94. The van der Waals surface area contributed by atoms with E-state index in [1.165, 1.54) is 0 Å². The number of ether oxygens (including phenoxy) is 1. The van der Waals surface area contributed by atoms with Gasteiger partial charge in [-0.25, -0.2) is 0 Å². The van der Waals surface area contributed by atoms with Gasteiger partial charge in [0.15, 0.2) is 0 Å². The molecular weight excluding hydrogens is 366 g/mol. The summed E-state index contributed by atoms with van der Waals surface area (Å²) < 4.78 is 5.41. The van der Waals surface area contributed by atoms with E-state index < -0.39 is 0 Å². The molecule has 0 spiro atoms. The van der Waals surface area contributed by atoms with Crippen LogP contribution in [0.4, 0.5) is 0 Å². The van der Waals surface area contributed by atoms with E-state index in [2.05, 4.69) is 10.6 Å². The van der Waals surface area contributed by atoms with Gasteiger partial charge in [0.25, 0.3) is 5.91 Å². The zero-order chi connectivity index (χ0) is 19.8. The quantitative estimate of drug-likeness (QED) is 0.727. The number of likely N-dealkylation sites (N-methyl/N-ethyl adjacent to an activating group) is 1. The summed E-state index contributed by atoms with van der Waals surface area (Å²) in [6.45, 7) is 0.274. The molecule has 0 saturated carbocycles. The molecule has 6 nitrogen and oxygen atoms in total. The van der Waals surface area contributed by atoms with Crippen molar-refractivity contribution in [2.45, 2.75) is 6.04 Å². The van der Waals surface area contributed by atoms with Crippen LogP contribution >= 0.6 is 11.6 Å². The van der Waals surface area contributed by atoms with Crippen molar-refractivity contribution in [1.82, 2.24) is 15.5 Å². The molecule has 2 rings (SSSR count). The number of hydrogen-bond donors (Lipinski definition) is 2. The van der Waals surface area contributed by atoms with Crippen LogP contribution in [0.3, 0.4) is 0 Å². The highest BCUT2D eigenvalue weighted by molar-refractivity contribution is 6.30. The molecule has 0 aliphatic heterocycles. The van der Waals surface area contributed by atoms with Gasteiger partial charge >= 0.3 is 0 Å². The fourth-order valence-electron chi connectivity index (χ4n) is 2.68. The minimum atomic E-state index is -0.346. The van der Waals surface area contributed by atoms with Crippen LogP contribution in [0.5, 0.6) is 5.75 Å². The SMILES string of the molecule is COc1ccccc1C(CNC(=O)CNC(=O)c1cccc(Cl)c1)N(C)C. The van der Waals surface area contributed by atoms with Gasteiger partial charge in [-0.15, -0.1) is 0 Å². The van der Waals surface area contributed by atoms with Crippen molar-refractivity contribution in [2.24, 2.45) is 0 Å². The number of amides is 2. The minimum absolute atomic E-state index is 0.0614. The largest absolute Gasteiger partial charge is 0.496 e. The molecule has 2 N–H and O–H groups in total. The van der Waals surface area contributed by atoms with Crippen molar-refractivity contribution in [3.8, 4) is 5.75 Å². The molecule has 1 atom stereocenters. The lowest BCUT2D eigenvalue weighted by atomic mass is 10.0. The molecule has 2 amide bonds. The number of methoxy groups -OCH3 is 1. The number of halogens is 1. The maximum Gasteiger partial charge on any atom is 0.251 e. The molecule has 7 heteroatoms. The Hall–Kier alpha value is -2.57. The Labute approximate surface area is 164 Å². The van der Waals surface area contributed by atoms with Crippen LogP contribution in [0.25, 0.3) is 0 Å². The van der Waals surface area contributed by atoms with Crippen molar-refractivity contribution in [2.75, 3.05) is 34.3 Å². The van der Waals surface area contributed by atoms with E-state index in [-0.39, 0.29) is 24.4 Å². The van der Waals surface area contributed by atoms with E-state index in [1.54, 1.807) is 31.4 Å². The van der Waals surface area contributed by atoms with Crippen LogP contribution in [0.2, 0.25) is 5.02 Å². The fraction of sp³-hybridized carbons (Fsp3) is 0.300. The lowest BCUT2D eigenvalue weighted by Crippen LogP contribution is -2.40. The molecule has 0 heterocycles. The topological polar surface area (TPSA) is 70.7 Å². The Morgan fingerprint density at radius 1 is 1.11 bits per heavy atom. The first-order valence-corrected chi connectivity index (χ1v) is 8.90. The number of nitrogens with one attached hydrogen (secondary N) is 2. The van der Waals surface area contributed by atoms with Crippen molar-refractivity contribution in [3.05, 3.63) is 64.7 Å².